The van der Waals surface area contributed by atoms with Crippen molar-refractivity contribution in [2.24, 2.45) is 0 Å². The molecule has 0 aliphatic rings. The standard InChI is InChI=1S/C13H19N/c1-5-13(10(2)3)11-6-8-12(14-4)9-7-11/h6-9,14H,5H2,1-4H3. The molecule has 1 heteroatoms. The monoisotopic (exact) mass is 189 g/mol. The van der Waals surface area contributed by atoms with Crippen LogP contribution in [0.2, 0.25) is 0 Å². The Labute approximate surface area is 86.8 Å². The number of rotatable bonds is 3. The molecule has 1 rings (SSSR count). The third kappa shape index (κ3) is 2.38. The molecule has 14 heavy (non-hydrogen) atoms. The van der Waals surface area contributed by atoms with Gasteiger partial charge < -0.3 is 5.32 Å². The van der Waals surface area contributed by atoms with Gasteiger partial charge in [-0.2, -0.15) is 0 Å². The lowest BCUT2D eigenvalue weighted by molar-refractivity contribution is 1.19. The maximum absolute atomic E-state index is 3.12. The Balaban J connectivity index is 3.02. The summed E-state index contributed by atoms with van der Waals surface area (Å²) in [6, 6.07) is 8.59. The highest BCUT2D eigenvalue weighted by Gasteiger charge is 2.00. The van der Waals surface area contributed by atoms with Crippen LogP contribution >= 0.6 is 0 Å². The summed E-state index contributed by atoms with van der Waals surface area (Å²) in [6.07, 6.45) is 1.10. The molecular formula is C13H19N. The normalized spacial score (nSPS) is 9.71. The van der Waals surface area contributed by atoms with E-state index in [2.05, 4.69) is 50.4 Å². The first-order chi connectivity index (χ1) is 6.69. The molecule has 1 nitrogen and oxygen atoms in total. The van der Waals surface area contributed by atoms with Gasteiger partial charge in [0.2, 0.25) is 0 Å². The zero-order valence-electron chi connectivity index (χ0n) is 9.52. The molecule has 1 aromatic carbocycles. The van der Waals surface area contributed by atoms with Crippen molar-refractivity contribution in [3.63, 3.8) is 0 Å². The highest BCUT2D eigenvalue weighted by molar-refractivity contribution is 5.69. The molecule has 0 aliphatic carbocycles. The van der Waals surface area contributed by atoms with Crippen LogP contribution in [0.15, 0.2) is 29.8 Å². The van der Waals surface area contributed by atoms with Gasteiger partial charge in [0.15, 0.2) is 0 Å². The van der Waals surface area contributed by atoms with Crippen molar-refractivity contribution < 1.29 is 0 Å². The number of allylic oxidation sites excluding steroid dienone is 2. The lowest BCUT2D eigenvalue weighted by Gasteiger charge is -2.08. The molecule has 0 amide bonds. The minimum Gasteiger partial charge on any atom is -0.388 e. The van der Waals surface area contributed by atoms with Gasteiger partial charge in [0, 0.05) is 12.7 Å². The molecule has 1 N–H and O–H groups in total. The Morgan fingerprint density at radius 1 is 1.14 bits per heavy atom. The summed E-state index contributed by atoms with van der Waals surface area (Å²) in [7, 11) is 1.94. The van der Waals surface area contributed by atoms with Gasteiger partial charge in [0.1, 0.15) is 0 Å². The minimum absolute atomic E-state index is 1.10. The Kier molecular flexibility index (Phi) is 3.75. The molecule has 0 unspecified atom stereocenters. The molecule has 0 fully saturated rings. The van der Waals surface area contributed by atoms with E-state index in [-0.39, 0.29) is 0 Å². The van der Waals surface area contributed by atoms with Crippen LogP contribution in [0.25, 0.3) is 5.57 Å². The Morgan fingerprint density at radius 2 is 1.71 bits per heavy atom. The van der Waals surface area contributed by atoms with Crippen LogP contribution < -0.4 is 5.32 Å². The second-order valence-corrected chi connectivity index (χ2v) is 3.66. The SMILES string of the molecule is CCC(=C(C)C)c1ccc(NC)cc1. The topological polar surface area (TPSA) is 12.0 Å². The summed E-state index contributed by atoms with van der Waals surface area (Å²) in [4.78, 5) is 0. The average molecular weight is 189 g/mol. The second kappa shape index (κ2) is 4.85. The summed E-state index contributed by atoms with van der Waals surface area (Å²) in [5.41, 5.74) is 5.36. The molecule has 76 valence electrons. The Morgan fingerprint density at radius 3 is 2.07 bits per heavy atom. The first-order valence-corrected chi connectivity index (χ1v) is 5.13. The second-order valence-electron chi connectivity index (χ2n) is 3.66. The van der Waals surface area contributed by atoms with Crippen molar-refractivity contribution in [3.05, 3.63) is 35.4 Å². The Bertz CT molecular complexity index is 316. The van der Waals surface area contributed by atoms with Crippen LogP contribution in [0, 0.1) is 0 Å². The molecule has 0 heterocycles. The predicted octanol–water partition coefficient (Wildman–Crippen LogP) is 3.93. The molecule has 0 aromatic heterocycles. The fraction of sp³-hybridized carbons (Fsp3) is 0.385. The number of hydrogen-bond donors (Lipinski definition) is 1. The van der Waals surface area contributed by atoms with E-state index >= 15 is 0 Å². The number of nitrogens with one attached hydrogen (secondary N) is 1. The van der Waals surface area contributed by atoms with Gasteiger partial charge >= 0.3 is 0 Å². The minimum atomic E-state index is 1.10. The van der Waals surface area contributed by atoms with Crippen molar-refractivity contribution in [2.75, 3.05) is 12.4 Å². The molecule has 0 atom stereocenters. The molecule has 0 aliphatic heterocycles. The van der Waals surface area contributed by atoms with Crippen LogP contribution in [0.4, 0.5) is 5.69 Å². The summed E-state index contributed by atoms with van der Waals surface area (Å²) in [5, 5.41) is 3.12. The summed E-state index contributed by atoms with van der Waals surface area (Å²) in [6.45, 7) is 6.55. The van der Waals surface area contributed by atoms with Crippen LogP contribution in [0.3, 0.4) is 0 Å². The van der Waals surface area contributed by atoms with E-state index in [4.69, 9.17) is 0 Å². The van der Waals surface area contributed by atoms with E-state index in [1.54, 1.807) is 0 Å². The lowest BCUT2D eigenvalue weighted by Crippen LogP contribution is -1.89. The van der Waals surface area contributed by atoms with E-state index in [1.807, 2.05) is 7.05 Å². The van der Waals surface area contributed by atoms with Crippen molar-refractivity contribution in [2.45, 2.75) is 27.2 Å². The Hall–Kier alpha value is -1.24. The molecule has 0 radical (unpaired) electrons. The van der Waals surface area contributed by atoms with Gasteiger partial charge in [-0.05, 0) is 43.5 Å². The van der Waals surface area contributed by atoms with Gasteiger partial charge in [-0.3, -0.25) is 0 Å². The molecule has 1 aromatic rings. The maximum Gasteiger partial charge on any atom is 0.0337 e. The summed E-state index contributed by atoms with van der Waals surface area (Å²) in [5.74, 6) is 0. The quantitative estimate of drug-likeness (QED) is 0.759. The average Bonchev–Trinajstić information content (AvgIpc) is 2.19. The third-order valence-corrected chi connectivity index (χ3v) is 2.48. The summed E-state index contributed by atoms with van der Waals surface area (Å²) < 4.78 is 0. The zero-order chi connectivity index (χ0) is 10.6. The first-order valence-electron chi connectivity index (χ1n) is 5.13. The summed E-state index contributed by atoms with van der Waals surface area (Å²) >= 11 is 0. The first kappa shape index (κ1) is 10.8. The lowest BCUT2D eigenvalue weighted by atomic mass is 9.99. The van der Waals surface area contributed by atoms with Gasteiger partial charge in [-0.25, -0.2) is 0 Å². The van der Waals surface area contributed by atoms with Crippen molar-refractivity contribution >= 4 is 11.3 Å². The predicted molar refractivity (Wildman–Crippen MR) is 64.5 cm³/mol. The highest BCUT2D eigenvalue weighted by Crippen LogP contribution is 2.23. The zero-order valence-corrected chi connectivity index (χ0v) is 9.52. The van der Waals surface area contributed by atoms with Crippen LogP contribution in [0.1, 0.15) is 32.8 Å². The van der Waals surface area contributed by atoms with E-state index in [0.717, 1.165) is 12.1 Å². The van der Waals surface area contributed by atoms with Crippen molar-refractivity contribution in [1.29, 1.82) is 0 Å². The number of benzene rings is 1. The van der Waals surface area contributed by atoms with Crippen LogP contribution in [-0.4, -0.2) is 7.05 Å². The molecular weight excluding hydrogens is 170 g/mol. The molecule has 0 bridgehead atoms. The van der Waals surface area contributed by atoms with Gasteiger partial charge in [-0.1, -0.05) is 24.6 Å². The number of hydrogen-bond acceptors (Lipinski definition) is 1. The van der Waals surface area contributed by atoms with E-state index in [9.17, 15) is 0 Å². The van der Waals surface area contributed by atoms with E-state index < -0.39 is 0 Å². The van der Waals surface area contributed by atoms with Crippen LogP contribution in [-0.2, 0) is 0 Å². The fourth-order valence-corrected chi connectivity index (χ4v) is 1.68. The fourth-order valence-electron chi connectivity index (χ4n) is 1.68. The largest absolute Gasteiger partial charge is 0.388 e. The van der Waals surface area contributed by atoms with Crippen molar-refractivity contribution in [3.8, 4) is 0 Å². The van der Waals surface area contributed by atoms with Gasteiger partial charge in [0.05, 0.1) is 0 Å². The van der Waals surface area contributed by atoms with Gasteiger partial charge in [0.25, 0.3) is 0 Å². The van der Waals surface area contributed by atoms with E-state index in [0.29, 0.717) is 0 Å². The molecule has 0 saturated carbocycles. The van der Waals surface area contributed by atoms with E-state index in [1.165, 1.54) is 16.7 Å². The van der Waals surface area contributed by atoms with Crippen molar-refractivity contribution in [1.82, 2.24) is 0 Å². The number of anilines is 1. The smallest absolute Gasteiger partial charge is 0.0337 e. The van der Waals surface area contributed by atoms with Gasteiger partial charge in [-0.15, -0.1) is 0 Å². The molecule has 0 spiro atoms. The highest BCUT2D eigenvalue weighted by atomic mass is 14.8. The third-order valence-electron chi connectivity index (χ3n) is 2.48. The maximum atomic E-state index is 3.12. The molecule has 0 saturated heterocycles. The van der Waals surface area contributed by atoms with Crippen LogP contribution in [0.5, 0.6) is 0 Å².